The zero-order chi connectivity index (χ0) is 11.6. The van der Waals surface area contributed by atoms with E-state index in [9.17, 15) is 18.4 Å². The van der Waals surface area contributed by atoms with Gasteiger partial charge in [0.15, 0.2) is 0 Å². The van der Waals surface area contributed by atoms with Crippen LogP contribution in [0.2, 0.25) is 0 Å². The Labute approximate surface area is 83.9 Å². The standard InChI is InChI=1S/C9H9F2NO3/c1-4-3-5(9(14)15-2)6(7(10)11)12-8(4)13/h3,7H,1-2H3,(H,12,13). The van der Waals surface area contributed by atoms with Crippen LogP contribution >= 0.6 is 0 Å². The fourth-order valence-electron chi connectivity index (χ4n) is 1.10. The third-order valence-electron chi connectivity index (χ3n) is 1.88. The van der Waals surface area contributed by atoms with Crippen molar-refractivity contribution < 1.29 is 18.3 Å². The highest BCUT2D eigenvalue weighted by Crippen LogP contribution is 2.20. The molecule has 0 radical (unpaired) electrons. The van der Waals surface area contributed by atoms with Gasteiger partial charge in [0, 0.05) is 5.56 Å². The third-order valence-corrected chi connectivity index (χ3v) is 1.88. The molecule has 0 aliphatic carbocycles. The van der Waals surface area contributed by atoms with Crippen LogP contribution < -0.4 is 5.56 Å². The van der Waals surface area contributed by atoms with Gasteiger partial charge in [-0.1, -0.05) is 0 Å². The maximum absolute atomic E-state index is 12.5. The molecule has 0 amide bonds. The van der Waals surface area contributed by atoms with E-state index in [0.29, 0.717) is 0 Å². The highest BCUT2D eigenvalue weighted by Gasteiger charge is 2.20. The molecule has 0 aromatic carbocycles. The lowest BCUT2D eigenvalue weighted by Crippen LogP contribution is -2.18. The summed E-state index contributed by atoms with van der Waals surface area (Å²) in [5, 5.41) is 0. The molecule has 15 heavy (non-hydrogen) atoms. The molecule has 0 aliphatic heterocycles. The highest BCUT2D eigenvalue weighted by molar-refractivity contribution is 5.90. The second-order valence-electron chi connectivity index (χ2n) is 2.90. The van der Waals surface area contributed by atoms with Crippen LogP contribution in [0.3, 0.4) is 0 Å². The number of esters is 1. The summed E-state index contributed by atoms with van der Waals surface area (Å²) in [5.74, 6) is -0.898. The van der Waals surface area contributed by atoms with E-state index in [1.54, 1.807) is 0 Å². The van der Waals surface area contributed by atoms with Crippen molar-refractivity contribution in [3.05, 3.63) is 33.2 Å². The first kappa shape index (κ1) is 11.4. The lowest BCUT2D eigenvalue weighted by atomic mass is 10.1. The van der Waals surface area contributed by atoms with Gasteiger partial charge in [-0.05, 0) is 13.0 Å². The summed E-state index contributed by atoms with van der Waals surface area (Å²) in [7, 11) is 1.08. The van der Waals surface area contributed by atoms with E-state index in [2.05, 4.69) is 4.74 Å². The quantitative estimate of drug-likeness (QED) is 0.762. The van der Waals surface area contributed by atoms with E-state index in [0.717, 1.165) is 13.2 Å². The number of nitrogens with one attached hydrogen (secondary N) is 1. The number of ether oxygens (including phenoxy) is 1. The minimum Gasteiger partial charge on any atom is -0.465 e. The molecule has 1 aromatic rings. The van der Waals surface area contributed by atoms with Gasteiger partial charge in [-0.3, -0.25) is 4.79 Å². The van der Waals surface area contributed by atoms with E-state index >= 15 is 0 Å². The number of pyridine rings is 1. The number of H-pyrrole nitrogens is 1. The zero-order valence-corrected chi connectivity index (χ0v) is 8.14. The van der Waals surface area contributed by atoms with Crippen LogP contribution in [0.4, 0.5) is 8.78 Å². The Kier molecular flexibility index (Phi) is 3.18. The van der Waals surface area contributed by atoms with Crippen molar-refractivity contribution in [1.82, 2.24) is 4.98 Å². The third kappa shape index (κ3) is 2.20. The molecule has 0 atom stereocenters. The summed E-state index contributed by atoms with van der Waals surface area (Å²) in [4.78, 5) is 24.1. The van der Waals surface area contributed by atoms with Crippen molar-refractivity contribution in [2.75, 3.05) is 7.11 Å². The first-order valence-electron chi connectivity index (χ1n) is 4.07. The van der Waals surface area contributed by atoms with Gasteiger partial charge in [0.1, 0.15) is 0 Å². The van der Waals surface area contributed by atoms with E-state index in [1.807, 2.05) is 4.98 Å². The SMILES string of the molecule is COC(=O)c1cc(C)c(=O)[nH]c1C(F)F. The van der Waals surface area contributed by atoms with Gasteiger partial charge < -0.3 is 9.72 Å². The van der Waals surface area contributed by atoms with Gasteiger partial charge in [0.25, 0.3) is 12.0 Å². The summed E-state index contributed by atoms with van der Waals surface area (Å²) >= 11 is 0. The van der Waals surface area contributed by atoms with Crippen LogP contribution in [-0.4, -0.2) is 18.1 Å². The maximum Gasteiger partial charge on any atom is 0.339 e. The zero-order valence-electron chi connectivity index (χ0n) is 8.14. The molecule has 0 aliphatic rings. The normalized spacial score (nSPS) is 10.5. The number of aromatic amines is 1. The molecule has 0 fully saturated rings. The second-order valence-corrected chi connectivity index (χ2v) is 2.90. The number of rotatable bonds is 2. The fourth-order valence-corrected chi connectivity index (χ4v) is 1.10. The van der Waals surface area contributed by atoms with Crippen LogP contribution in [0.15, 0.2) is 10.9 Å². The van der Waals surface area contributed by atoms with Crippen LogP contribution in [-0.2, 0) is 4.74 Å². The largest absolute Gasteiger partial charge is 0.465 e. The summed E-state index contributed by atoms with van der Waals surface area (Å²) in [6, 6.07) is 1.09. The average Bonchev–Trinajstić information content (AvgIpc) is 2.20. The average molecular weight is 217 g/mol. The Balaban J connectivity index is 3.41. The summed E-state index contributed by atoms with van der Waals surface area (Å²) in [6.07, 6.45) is -2.92. The summed E-state index contributed by atoms with van der Waals surface area (Å²) in [6.45, 7) is 1.42. The lowest BCUT2D eigenvalue weighted by molar-refractivity contribution is 0.0587. The number of carbonyl (C=O) groups is 1. The van der Waals surface area contributed by atoms with Gasteiger partial charge in [-0.25, -0.2) is 13.6 Å². The molecule has 0 spiro atoms. The first-order chi connectivity index (χ1) is 6.97. The van der Waals surface area contributed by atoms with E-state index < -0.39 is 23.6 Å². The van der Waals surface area contributed by atoms with Crippen molar-refractivity contribution in [1.29, 1.82) is 0 Å². The van der Waals surface area contributed by atoms with Crippen LogP contribution in [0.25, 0.3) is 0 Å². The molecule has 1 aromatic heterocycles. The molecule has 1 heterocycles. The highest BCUT2D eigenvalue weighted by atomic mass is 19.3. The number of carbonyl (C=O) groups excluding carboxylic acids is 1. The molecule has 0 unspecified atom stereocenters. The number of hydrogen-bond donors (Lipinski definition) is 1. The van der Waals surface area contributed by atoms with E-state index in [1.165, 1.54) is 6.92 Å². The Morgan fingerprint density at radius 2 is 2.13 bits per heavy atom. The van der Waals surface area contributed by atoms with Gasteiger partial charge in [0.05, 0.1) is 18.4 Å². The number of aryl methyl sites for hydroxylation is 1. The molecule has 1 rings (SSSR count). The van der Waals surface area contributed by atoms with Gasteiger partial charge >= 0.3 is 5.97 Å². The Morgan fingerprint density at radius 3 is 2.60 bits per heavy atom. The molecule has 6 heteroatoms. The van der Waals surface area contributed by atoms with E-state index in [-0.39, 0.29) is 11.1 Å². The summed E-state index contributed by atoms with van der Waals surface area (Å²) < 4.78 is 29.2. The smallest absolute Gasteiger partial charge is 0.339 e. The van der Waals surface area contributed by atoms with Gasteiger partial charge in [0.2, 0.25) is 0 Å². The molecule has 0 bridgehead atoms. The Bertz CT molecular complexity index is 439. The topological polar surface area (TPSA) is 59.2 Å². The van der Waals surface area contributed by atoms with E-state index in [4.69, 9.17) is 0 Å². The molecule has 0 saturated carbocycles. The van der Waals surface area contributed by atoms with Crippen molar-refractivity contribution in [3.63, 3.8) is 0 Å². The lowest BCUT2D eigenvalue weighted by Gasteiger charge is -2.07. The van der Waals surface area contributed by atoms with Crippen molar-refractivity contribution >= 4 is 5.97 Å². The summed E-state index contributed by atoms with van der Waals surface area (Å²) in [5.41, 5.74) is -1.49. The predicted octanol–water partition coefficient (Wildman–Crippen LogP) is 1.41. The predicted molar refractivity (Wildman–Crippen MR) is 48.1 cm³/mol. The minimum absolute atomic E-state index is 0.180. The second kappa shape index (κ2) is 4.20. The van der Waals surface area contributed by atoms with Crippen molar-refractivity contribution in [2.45, 2.75) is 13.3 Å². The fraction of sp³-hybridized carbons (Fsp3) is 0.333. The van der Waals surface area contributed by atoms with Crippen molar-refractivity contribution in [3.8, 4) is 0 Å². The number of alkyl halides is 2. The maximum atomic E-state index is 12.5. The number of hydrogen-bond acceptors (Lipinski definition) is 3. The van der Waals surface area contributed by atoms with Gasteiger partial charge in [-0.2, -0.15) is 0 Å². The van der Waals surface area contributed by atoms with Crippen molar-refractivity contribution in [2.24, 2.45) is 0 Å². The molecule has 82 valence electrons. The first-order valence-corrected chi connectivity index (χ1v) is 4.07. The molecule has 4 nitrogen and oxygen atoms in total. The molecule has 1 N–H and O–H groups in total. The Hall–Kier alpha value is -1.72. The number of methoxy groups -OCH3 is 1. The number of aromatic nitrogens is 1. The van der Waals surface area contributed by atoms with Crippen LogP contribution in [0.5, 0.6) is 0 Å². The number of halogens is 2. The van der Waals surface area contributed by atoms with Gasteiger partial charge in [-0.15, -0.1) is 0 Å². The Morgan fingerprint density at radius 1 is 1.53 bits per heavy atom. The van der Waals surface area contributed by atoms with Crippen LogP contribution in [0, 0.1) is 6.92 Å². The van der Waals surface area contributed by atoms with Crippen LogP contribution in [0.1, 0.15) is 28.0 Å². The molecular formula is C9H9F2NO3. The minimum atomic E-state index is -2.92. The molecular weight excluding hydrogens is 208 g/mol. The molecule has 0 saturated heterocycles. The monoisotopic (exact) mass is 217 g/mol.